The number of hydrogen-bond donors (Lipinski definition) is 1. The maximum absolute atomic E-state index is 12.2. The number of aromatic nitrogens is 2. The first-order valence-electron chi connectivity index (χ1n) is 4.25. The maximum Gasteiger partial charge on any atom is 0.432 e. The second-order valence-electron chi connectivity index (χ2n) is 3.13. The third kappa shape index (κ3) is 2.00. The van der Waals surface area contributed by atoms with Crippen molar-refractivity contribution in [1.29, 1.82) is 0 Å². The van der Waals surface area contributed by atoms with E-state index in [9.17, 15) is 18.0 Å². The Morgan fingerprint density at radius 3 is 2.50 bits per heavy atom. The van der Waals surface area contributed by atoms with Crippen molar-refractivity contribution in [3.8, 4) is 0 Å². The molecule has 1 heterocycles. The van der Waals surface area contributed by atoms with E-state index in [4.69, 9.17) is 0 Å². The number of rotatable bonds is 2. The van der Waals surface area contributed by atoms with E-state index in [1.807, 2.05) is 0 Å². The first kappa shape index (κ1) is 10.9. The summed E-state index contributed by atoms with van der Waals surface area (Å²) < 4.78 is 37.5. The standard InChI is InChI=1S/C8H11F3N2O/c1-3-5(2)13-7(14)4-6(12-13)8(9,10)11/h4-5,12H,3H2,1-2H3. The van der Waals surface area contributed by atoms with Crippen LogP contribution in [-0.4, -0.2) is 9.78 Å². The number of nitrogens with one attached hydrogen (secondary N) is 1. The summed E-state index contributed by atoms with van der Waals surface area (Å²) in [5.74, 6) is 0. The number of alkyl halides is 3. The molecule has 14 heavy (non-hydrogen) atoms. The summed E-state index contributed by atoms with van der Waals surface area (Å²) in [5, 5.41) is 2.05. The Morgan fingerprint density at radius 2 is 2.14 bits per heavy atom. The van der Waals surface area contributed by atoms with E-state index in [1.54, 1.807) is 13.8 Å². The Bertz CT molecular complexity index is 363. The normalized spacial score (nSPS) is 14.4. The molecule has 0 fully saturated rings. The van der Waals surface area contributed by atoms with E-state index in [-0.39, 0.29) is 6.04 Å². The summed E-state index contributed by atoms with van der Waals surface area (Å²) in [5.41, 5.74) is -1.64. The van der Waals surface area contributed by atoms with Crippen LogP contribution in [0.5, 0.6) is 0 Å². The maximum atomic E-state index is 12.2. The Balaban J connectivity index is 3.12. The van der Waals surface area contributed by atoms with Gasteiger partial charge in [-0.05, 0) is 13.3 Å². The van der Waals surface area contributed by atoms with Gasteiger partial charge in [-0.15, -0.1) is 0 Å². The van der Waals surface area contributed by atoms with E-state index in [2.05, 4.69) is 5.10 Å². The van der Waals surface area contributed by atoms with Gasteiger partial charge in [0.25, 0.3) is 5.56 Å². The minimum atomic E-state index is -4.49. The molecule has 0 spiro atoms. The lowest BCUT2D eigenvalue weighted by Crippen LogP contribution is -2.19. The molecule has 1 unspecified atom stereocenters. The number of H-pyrrole nitrogens is 1. The molecule has 1 atom stereocenters. The van der Waals surface area contributed by atoms with Gasteiger partial charge < -0.3 is 0 Å². The van der Waals surface area contributed by atoms with Crippen LogP contribution in [0.15, 0.2) is 10.9 Å². The van der Waals surface area contributed by atoms with Crippen LogP contribution in [0.25, 0.3) is 0 Å². The number of halogens is 3. The van der Waals surface area contributed by atoms with E-state index in [0.29, 0.717) is 12.5 Å². The molecule has 0 saturated heterocycles. The highest BCUT2D eigenvalue weighted by atomic mass is 19.4. The highest BCUT2D eigenvalue weighted by molar-refractivity contribution is 5.04. The van der Waals surface area contributed by atoms with Crippen molar-refractivity contribution in [1.82, 2.24) is 9.78 Å². The summed E-state index contributed by atoms with van der Waals surface area (Å²) in [7, 11) is 0. The molecule has 0 bridgehead atoms. The SMILES string of the molecule is CCC(C)n1[nH]c(C(F)(F)F)cc1=O. The molecule has 6 heteroatoms. The summed E-state index contributed by atoms with van der Waals surface area (Å²) >= 11 is 0. The van der Waals surface area contributed by atoms with Crippen molar-refractivity contribution in [2.45, 2.75) is 32.5 Å². The van der Waals surface area contributed by atoms with E-state index in [1.165, 1.54) is 0 Å². The number of nitrogens with zero attached hydrogens (tertiary/aromatic N) is 1. The van der Waals surface area contributed by atoms with Gasteiger partial charge in [0.15, 0.2) is 0 Å². The molecule has 1 aromatic heterocycles. The molecule has 0 aliphatic heterocycles. The summed E-state index contributed by atoms with van der Waals surface area (Å²) in [6.07, 6.45) is -3.89. The Hall–Kier alpha value is -1.20. The summed E-state index contributed by atoms with van der Waals surface area (Å²) in [6, 6.07) is 0.324. The second-order valence-corrected chi connectivity index (χ2v) is 3.13. The van der Waals surface area contributed by atoms with Gasteiger partial charge in [0.05, 0.1) is 6.04 Å². The predicted molar refractivity (Wildman–Crippen MR) is 45.1 cm³/mol. The van der Waals surface area contributed by atoms with Crippen LogP contribution < -0.4 is 5.56 Å². The van der Waals surface area contributed by atoms with Gasteiger partial charge >= 0.3 is 6.18 Å². The first-order chi connectivity index (χ1) is 6.36. The van der Waals surface area contributed by atoms with Gasteiger partial charge in [0, 0.05) is 6.07 Å². The monoisotopic (exact) mass is 208 g/mol. The molecular weight excluding hydrogens is 197 g/mol. The molecule has 1 rings (SSSR count). The molecule has 0 aliphatic rings. The fourth-order valence-electron chi connectivity index (χ4n) is 1.07. The molecule has 0 aromatic carbocycles. The van der Waals surface area contributed by atoms with Crippen LogP contribution in [0.3, 0.4) is 0 Å². The third-order valence-electron chi connectivity index (χ3n) is 2.08. The fraction of sp³-hybridized carbons (Fsp3) is 0.625. The number of hydrogen-bond acceptors (Lipinski definition) is 1. The summed E-state index contributed by atoms with van der Waals surface area (Å²) in [4.78, 5) is 11.1. The van der Waals surface area contributed by atoms with Crippen molar-refractivity contribution in [3.63, 3.8) is 0 Å². The first-order valence-corrected chi connectivity index (χ1v) is 4.25. The average Bonchev–Trinajstić information content (AvgIpc) is 2.45. The van der Waals surface area contributed by atoms with Crippen LogP contribution in [0.1, 0.15) is 32.0 Å². The Morgan fingerprint density at radius 1 is 1.57 bits per heavy atom. The lowest BCUT2D eigenvalue weighted by molar-refractivity contribution is -0.141. The van der Waals surface area contributed by atoms with Crippen LogP contribution in [0, 0.1) is 0 Å². The van der Waals surface area contributed by atoms with E-state index >= 15 is 0 Å². The molecule has 0 saturated carbocycles. The molecule has 1 N–H and O–H groups in total. The molecule has 80 valence electrons. The zero-order valence-corrected chi connectivity index (χ0v) is 7.85. The highest BCUT2D eigenvalue weighted by Gasteiger charge is 2.33. The van der Waals surface area contributed by atoms with Crippen LogP contribution >= 0.6 is 0 Å². The van der Waals surface area contributed by atoms with Crippen molar-refractivity contribution in [2.24, 2.45) is 0 Å². The lowest BCUT2D eigenvalue weighted by atomic mass is 10.3. The van der Waals surface area contributed by atoms with Crippen LogP contribution in [-0.2, 0) is 6.18 Å². The Labute approximate surface area is 78.5 Å². The van der Waals surface area contributed by atoms with Gasteiger partial charge in [-0.3, -0.25) is 9.89 Å². The van der Waals surface area contributed by atoms with Crippen molar-refractivity contribution < 1.29 is 13.2 Å². The molecule has 1 aromatic rings. The minimum Gasteiger partial charge on any atom is -0.291 e. The molecule has 0 amide bonds. The van der Waals surface area contributed by atoms with Gasteiger partial charge in [0.2, 0.25) is 0 Å². The topological polar surface area (TPSA) is 37.8 Å². The van der Waals surface area contributed by atoms with Crippen molar-refractivity contribution >= 4 is 0 Å². The summed E-state index contributed by atoms with van der Waals surface area (Å²) in [6.45, 7) is 3.48. The smallest absolute Gasteiger partial charge is 0.291 e. The van der Waals surface area contributed by atoms with Crippen LogP contribution in [0.2, 0.25) is 0 Å². The average molecular weight is 208 g/mol. The van der Waals surface area contributed by atoms with Gasteiger partial charge in [-0.2, -0.15) is 13.2 Å². The van der Waals surface area contributed by atoms with Crippen molar-refractivity contribution in [2.75, 3.05) is 0 Å². The second kappa shape index (κ2) is 3.51. The zero-order chi connectivity index (χ0) is 10.9. The minimum absolute atomic E-state index is 0.251. The Kier molecular flexibility index (Phi) is 2.73. The molecular formula is C8H11F3N2O. The number of aromatic amines is 1. The predicted octanol–water partition coefficient (Wildman–Crippen LogP) is 2.17. The van der Waals surface area contributed by atoms with Gasteiger partial charge in [0.1, 0.15) is 5.69 Å². The van der Waals surface area contributed by atoms with Crippen molar-refractivity contribution in [3.05, 3.63) is 22.1 Å². The quantitative estimate of drug-likeness (QED) is 0.794. The molecule has 0 radical (unpaired) electrons. The van der Waals surface area contributed by atoms with Gasteiger partial charge in [-0.1, -0.05) is 6.92 Å². The largest absolute Gasteiger partial charge is 0.432 e. The van der Waals surface area contributed by atoms with E-state index in [0.717, 1.165) is 4.68 Å². The van der Waals surface area contributed by atoms with E-state index < -0.39 is 17.4 Å². The van der Waals surface area contributed by atoms with Crippen LogP contribution in [0.4, 0.5) is 13.2 Å². The fourth-order valence-corrected chi connectivity index (χ4v) is 1.07. The van der Waals surface area contributed by atoms with Gasteiger partial charge in [-0.25, -0.2) is 4.68 Å². The lowest BCUT2D eigenvalue weighted by Gasteiger charge is -2.09. The zero-order valence-electron chi connectivity index (χ0n) is 7.85. The third-order valence-corrected chi connectivity index (χ3v) is 2.08. The molecule has 3 nitrogen and oxygen atoms in total. The molecule has 0 aliphatic carbocycles. The highest BCUT2D eigenvalue weighted by Crippen LogP contribution is 2.26.